The molecule has 0 aliphatic heterocycles. The summed E-state index contributed by atoms with van der Waals surface area (Å²) >= 11 is 0. The summed E-state index contributed by atoms with van der Waals surface area (Å²) in [6.45, 7) is 2.20. The summed E-state index contributed by atoms with van der Waals surface area (Å²) in [7, 11) is -2.13. The summed E-state index contributed by atoms with van der Waals surface area (Å²) in [6.07, 6.45) is 5.90. The van der Waals surface area contributed by atoms with E-state index in [1.807, 2.05) is 0 Å². The minimum atomic E-state index is -3.71. The van der Waals surface area contributed by atoms with Crippen molar-refractivity contribution in [1.82, 2.24) is 0 Å². The Morgan fingerprint density at radius 3 is 2.67 bits per heavy atom. The molecule has 1 aliphatic rings. The van der Waals surface area contributed by atoms with Crippen molar-refractivity contribution in [3.63, 3.8) is 0 Å². The molecule has 0 saturated heterocycles. The van der Waals surface area contributed by atoms with Crippen LogP contribution in [0.25, 0.3) is 0 Å². The van der Waals surface area contributed by atoms with E-state index in [1.165, 1.54) is 25.3 Å². The lowest BCUT2D eigenvalue weighted by atomic mass is 9.83. The van der Waals surface area contributed by atoms with E-state index in [0.717, 1.165) is 12.8 Å². The van der Waals surface area contributed by atoms with Gasteiger partial charge >= 0.3 is 0 Å². The fourth-order valence-electron chi connectivity index (χ4n) is 3.06. The monoisotopic (exact) mass is 312 g/mol. The third-order valence-corrected chi connectivity index (χ3v) is 5.18. The Morgan fingerprint density at radius 1 is 1.33 bits per heavy atom. The van der Waals surface area contributed by atoms with Gasteiger partial charge < -0.3 is 10.1 Å². The maximum Gasteiger partial charge on any atom is 0.238 e. The van der Waals surface area contributed by atoms with Gasteiger partial charge in [0.25, 0.3) is 0 Å². The Morgan fingerprint density at radius 2 is 2.05 bits per heavy atom. The number of hydrogen-bond donors (Lipinski definition) is 2. The van der Waals surface area contributed by atoms with Gasteiger partial charge in [-0.3, -0.25) is 0 Å². The first-order chi connectivity index (χ1) is 9.95. The number of methoxy groups -OCH3 is 1. The number of nitrogens with two attached hydrogens (primary N) is 1. The number of sulfonamides is 1. The number of primary sulfonamides is 1. The van der Waals surface area contributed by atoms with Gasteiger partial charge in [-0.2, -0.15) is 0 Å². The van der Waals surface area contributed by atoms with Crippen LogP contribution in [0.4, 0.5) is 5.69 Å². The van der Waals surface area contributed by atoms with Gasteiger partial charge in [0.2, 0.25) is 10.0 Å². The van der Waals surface area contributed by atoms with E-state index in [-0.39, 0.29) is 4.90 Å². The molecule has 2 rings (SSSR count). The van der Waals surface area contributed by atoms with Gasteiger partial charge in [0.1, 0.15) is 5.75 Å². The molecule has 0 bridgehead atoms. The van der Waals surface area contributed by atoms with Crippen LogP contribution in [0.2, 0.25) is 0 Å². The molecule has 0 amide bonds. The summed E-state index contributed by atoms with van der Waals surface area (Å²) in [5.41, 5.74) is 0.703. The van der Waals surface area contributed by atoms with E-state index in [2.05, 4.69) is 12.2 Å². The van der Waals surface area contributed by atoms with Crippen molar-refractivity contribution in [1.29, 1.82) is 0 Å². The summed E-state index contributed by atoms with van der Waals surface area (Å²) in [5, 5.41) is 8.68. The van der Waals surface area contributed by atoms with E-state index < -0.39 is 10.0 Å². The zero-order valence-corrected chi connectivity index (χ0v) is 13.4. The predicted octanol–water partition coefficient (Wildman–Crippen LogP) is 2.72. The number of benzene rings is 1. The zero-order valence-electron chi connectivity index (χ0n) is 12.6. The molecule has 1 fully saturated rings. The van der Waals surface area contributed by atoms with Gasteiger partial charge in [0, 0.05) is 6.04 Å². The Labute approximate surface area is 126 Å². The van der Waals surface area contributed by atoms with Gasteiger partial charge in [-0.25, -0.2) is 13.6 Å². The Bertz CT molecular complexity index is 587. The molecule has 0 aromatic heterocycles. The number of hydrogen-bond acceptors (Lipinski definition) is 4. The van der Waals surface area contributed by atoms with Gasteiger partial charge in [-0.15, -0.1) is 0 Å². The van der Waals surface area contributed by atoms with Crippen LogP contribution in [0.15, 0.2) is 23.1 Å². The summed E-state index contributed by atoms with van der Waals surface area (Å²) in [4.78, 5) is 0.106. The van der Waals surface area contributed by atoms with E-state index in [0.29, 0.717) is 23.4 Å². The molecule has 3 N–H and O–H groups in total. The van der Waals surface area contributed by atoms with Crippen molar-refractivity contribution in [2.75, 3.05) is 12.4 Å². The van der Waals surface area contributed by atoms with E-state index in [4.69, 9.17) is 9.88 Å². The Kier molecular flexibility index (Phi) is 5.11. The highest BCUT2D eigenvalue weighted by Crippen LogP contribution is 2.33. The largest absolute Gasteiger partial charge is 0.495 e. The first-order valence-corrected chi connectivity index (χ1v) is 8.97. The Hall–Kier alpha value is -1.27. The molecule has 1 aliphatic carbocycles. The molecule has 1 aromatic carbocycles. The van der Waals surface area contributed by atoms with E-state index in [1.54, 1.807) is 19.2 Å². The minimum absolute atomic E-state index is 0.106. The van der Waals surface area contributed by atoms with Crippen LogP contribution in [0, 0.1) is 5.92 Å². The van der Waals surface area contributed by atoms with Crippen molar-refractivity contribution < 1.29 is 13.2 Å². The van der Waals surface area contributed by atoms with Crippen LogP contribution < -0.4 is 15.2 Å². The summed E-state index contributed by atoms with van der Waals surface area (Å²) in [5.74, 6) is 1.25. The third kappa shape index (κ3) is 3.89. The van der Waals surface area contributed by atoms with Crippen LogP contribution in [-0.4, -0.2) is 21.6 Å². The highest BCUT2D eigenvalue weighted by atomic mass is 32.2. The average Bonchev–Trinajstić information content (AvgIpc) is 2.47. The number of rotatable bonds is 5. The average molecular weight is 312 g/mol. The van der Waals surface area contributed by atoms with E-state index >= 15 is 0 Å². The summed E-state index contributed by atoms with van der Waals surface area (Å²) in [6, 6.07) is 5.03. The van der Waals surface area contributed by atoms with Gasteiger partial charge in [0.15, 0.2) is 0 Å². The molecular formula is C15H24N2O3S. The van der Waals surface area contributed by atoms with Crippen molar-refractivity contribution in [2.24, 2.45) is 11.1 Å². The molecule has 1 saturated carbocycles. The van der Waals surface area contributed by atoms with Crippen LogP contribution in [0.3, 0.4) is 0 Å². The molecular weight excluding hydrogens is 288 g/mol. The minimum Gasteiger partial charge on any atom is -0.495 e. The van der Waals surface area contributed by atoms with Gasteiger partial charge in [-0.05, 0) is 37.0 Å². The van der Waals surface area contributed by atoms with Crippen molar-refractivity contribution >= 4 is 15.7 Å². The number of ether oxygens (including phenoxy) is 1. The standard InChI is InChI=1S/C15H24N2O3S/c1-3-11-6-4-5-7-13(11)17-14-10-12(21(16,18)19)8-9-15(14)20-2/h8-11,13,17H,3-7H2,1-2H3,(H2,16,18,19). The predicted molar refractivity (Wildman–Crippen MR) is 84.0 cm³/mol. The first-order valence-electron chi connectivity index (χ1n) is 7.43. The molecule has 21 heavy (non-hydrogen) atoms. The normalized spacial score (nSPS) is 22.8. The van der Waals surface area contributed by atoms with Crippen molar-refractivity contribution in [3.05, 3.63) is 18.2 Å². The third-order valence-electron chi connectivity index (χ3n) is 4.27. The molecule has 0 radical (unpaired) electrons. The van der Waals surface area contributed by atoms with Crippen molar-refractivity contribution in [3.8, 4) is 5.75 Å². The molecule has 118 valence electrons. The molecule has 2 atom stereocenters. The van der Waals surface area contributed by atoms with Crippen molar-refractivity contribution in [2.45, 2.75) is 50.0 Å². The number of nitrogens with one attached hydrogen (secondary N) is 1. The lowest BCUT2D eigenvalue weighted by molar-refractivity contribution is 0.316. The van der Waals surface area contributed by atoms with Crippen LogP contribution >= 0.6 is 0 Å². The second-order valence-electron chi connectivity index (χ2n) is 5.61. The topological polar surface area (TPSA) is 81.4 Å². The maximum atomic E-state index is 11.5. The molecule has 6 heteroatoms. The zero-order chi connectivity index (χ0) is 15.5. The highest BCUT2D eigenvalue weighted by molar-refractivity contribution is 7.89. The summed E-state index contributed by atoms with van der Waals surface area (Å²) < 4.78 is 28.3. The lowest BCUT2D eigenvalue weighted by Gasteiger charge is -2.32. The fourth-order valence-corrected chi connectivity index (χ4v) is 3.60. The maximum absolute atomic E-state index is 11.5. The van der Waals surface area contributed by atoms with Crippen LogP contribution in [0.1, 0.15) is 39.0 Å². The molecule has 0 heterocycles. The number of anilines is 1. The van der Waals surface area contributed by atoms with Crippen LogP contribution in [-0.2, 0) is 10.0 Å². The lowest BCUT2D eigenvalue weighted by Crippen LogP contribution is -2.32. The first kappa shape index (κ1) is 16.1. The molecule has 1 aromatic rings. The highest BCUT2D eigenvalue weighted by Gasteiger charge is 2.24. The SMILES string of the molecule is CCC1CCCCC1Nc1cc(S(N)(=O)=O)ccc1OC. The fraction of sp³-hybridized carbons (Fsp3) is 0.600. The molecule has 2 unspecified atom stereocenters. The second kappa shape index (κ2) is 6.66. The second-order valence-corrected chi connectivity index (χ2v) is 7.17. The van der Waals surface area contributed by atoms with E-state index in [9.17, 15) is 8.42 Å². The Balaban J connectivity index is 2.28. The van der Waals surface area contributed by atoms with Crippen LogP contribution in [0.5, 0.6) is 5.75 Å². The quantitative estimate of drug-likeness (QED) is 0.876. The molecule has 0 spiro atoms. The molecule has 5 nitrogen and oxygen atoms in total. The van der Waals surface area contributed by atoms with Gasteiger partial charge in [0.05, 0.1) is 17.7 Å². The van der Waals surface area contributed by atoms with Gasteiger partial charge in [-0.1, -0.05) is 26.2 Å². The smallest absolute Gasteiger partial charge is 0.238 e.